The third-order valence-electron chi connectivity index (χ3n) is 23.5. The zero-order valence-corrected chi connectivity index (χ0v) is 65.9. The maximum atomic E-state index is 14.0. The minimum atomic E-state index is -4.43. The minimum Gasteiger partial charge on any atom is -0.508 e. The van der Waals surface area contributed by atoms with Gasteiger partial charge in [-0.1, -0.05) is 17.7 Å². The van der Waals surface area contributed by atoms with Crippen molar-refractivity contribution in [1.29, 1.82) is 0 Å². The van der Waals surface area contributed by atoms with Crippen LogP contribution in [0.15, 0.2) is 141 Å². The summed E-state index contributed by atoms with van der Waals surface area (Å²) in [5, 5.41) is 141. The number of rotatable bonds is 13. The number of urea groups is 1. The van der Waals surface area contributed by atoms with Gasteiger partial charge in [-0.3, -0.25) is 47.9 Å². The molecule has 5 aromatic rings. The van der Waals surface area contributed by atoms with Crippen molar-refractivity contribution in [1.82, 2.24) is 15.4 Å². The van der Waals surface area contributed by atoms with Gasteiger partial charge in [0, 0.05) is 126 Å². The number of sulfonamides is 1. The molecule has 3 fully saturated rings. The average molecular weight is 1650 g/mol. The second-order valence-electron chi connectivity index (χ2n) is 31.3. The molecule has 3 saturated carbocycles. The van der Waals surface area contributed by atoms with Crippen LogP contribution < -0.4 is 57.5 Å². The van der Waals surface area contributed by atoms with Gasteiger partial charge in [0.25, 0.3) is 17.7 Å². The van der Waals surface area contributed by atoms with Crippen LogP contribution in [0.2, 0.25) is 0 Å². The van der Waals surface area contributed by atoms with Gasteiger partial charge in [-0.2, -0.15) is 4.72 Å². The molecule has 3 unspecified atom stereocenters. The van der Waals surface area contributed by atoms with Crippen molar-refractivity contribution in [3.05, 3.63) is 175 Å². The summed E-state index contributed by atoms with van der Waals surface area (Å²) in [4.78, 5) is 150. The average Bonchev–Trinajstić information content (AvgIpc) is 0.708. The second-order valence-corrected chi connectivity index (χ2v) is 33.0. The van der Waals surface area contributed by atoms with Crippen LogP contribution in [0.1, 0.15) is 65.1 Å². The lowest BCUT2D eigenvalue weighted by Gasteiger charge is -2.49. The summed E-state index contributed by atoms with van der Waals surface area (Å²) in [7, 11) is 9.85. The standard InChI is InChI=1S/C30H33N5O8.C28H29N3O9S.C23H25N3O8/c1-34(2)15-7-5-14(6-8-15)32-29(42)33-23-17-12-13-11-16-18(35(3)4)9-10-19(36)21(16)24(37)20(13)26(39)30(17,43)27(40)22(25(23)38)28(31)41;1-12-4-6-14(7-5-12)41(39,40)30-22-16-11-13-10-15-17(31(2)3)8-9-18(32)20(15)23(33)19(13)25(35)28(16,38)26(36)21(24(22)34)27(29)37;1-8(27)25-17-11-7-9-6-10-12(26(2)3)4-5-13(28)15(10)18(29)14(9)20(31)23(11,34)21(32)16(19(17)30)22(24)33/h5-10,13,17,23,36-37,40,43H,11-12H2,1-4H3,(H2,31,41)(H2,32,33,42);4-9,13,16,22,30,32-33,36,38H,10-11H2,1-3H3,(H2,29,37);4-5,9,11,17,28-29,32,34H,6-7H2,1-3H3,(H2,24,33)(H,25,27)/t13-,17-,23?,30-;13-,16-,22?,28-;9-,11-,17?,23-/m000/s1. The Morgan fingerprint density at radius 2 is 0.746 bits per heavy atom. The molecule has 14 rings (SSSR count). The monoisotopic (exact) mass is 1650 g/mol. The van der Waals surface area contributed by atoms with Gasteiger partial charge in [0.1, 0.15) is 74.6 Å². The Labute approximate surface area is 672 Å². The molecule has 118 heavy (non-hydrogen) atoms. The largest absolute Gasteiger partial charge is 0.508 e. The number of hydrogen-bond acceptors (Lipinski definition) is 29. The minimum absolute atomic E-state index is 0.00710. The molecule has 622 valence electrons. The number of aromatic hydroxyl groups is 3. The number of primary amides is 3. The van der Waals surface area contributed by atoms with Crippen LogP contribution in [0.25, 0.3) is 17.3 Å². The Morgan fingerprint density at radius 3 is 1.05 bits per heavy atom. The van der Waals surface area contributed by atoms with Crippen LogP contribution >= 0.6 is 0 Å². The number of benzene rings is 5. The molecule has 0 spiro atoms. The topological polar surface area (TPSA) is 604 Å². The first-order chi connectivity index (χ1) is 55.1. The molecule has 5 aromatic carbocycles. The highest BCUT2D eigenvalue weighted by Crippen LogP contribution is 2.58. The Morgan fingerprint density at radius 1 is 0.432 bits per heavy atom. The van der Waals surface area contributed by atoms with E-state index in [2.05, 4.69) is 20.7 Å². The summed E-state index contributed by atoms with van der Waals surface area (Å²) in [5.41, 5.74) is 8.93. The van der Waals surface area contributed by atoms with Gasteiger partial charge < -0.3 is 114 Å². The lowest BCUT2D eigenvalue weighted by Crippen LogP contribution is -2.66. The van der Waals surface area contributed by atoms with E-state index >= 15 is 0 Å². The summed E-state index contributed by atoms with van der Waals surface area (Å²) in [5.74, 6) is -24.8. The maximum absolute atomic E-state index is 14.0. The van der Waals surface area contributed by atoms with Gasteiger partial charge in [-0.05, 0) is 153 Å². The predicted octanol–water partition coefficient (Wildman–Crippen LogP) is 1.72. The van der Waals surface area contributed by atoms with E-state index in [1.54, 1.807) is 106 Å². The van der Waals surface area contributed by atoms with E-state index in [4.69, 9.17) is 17.2 Å². The van der Waals surface area contributed by atoms with E-state index in [9.17, 15) is 122 Å². The Balaban J connectivity index is 0.000000164. The molecular weight excluding hydrogens is 1560 g/mol. The number of phenolic OH excluding ortho intramolecular Hbond substituents is 3. The van der Waals surface area contributed by atoms with Gasteiger partial charge in [0.05, 0.1) is 33.7 Å². The number of nitrogens with zero attached hydrogens (tertiary/aromatic N) is 4. The molecule has 37 heteroatoms. The van der Waals surface area contributed by atoms with Gasteiger partial charge in [0.2, 0.25) is 33.3 Å². The zero-order valence-electron chi connectivity index (χ0n) is 65.1. The fourth-order valence-corrected chi connectivity index (χ4v) is 19.3. The molecule has 0 saturated heterocycles. The number of nitrogens with two attached hydrogens (primary N) is 3. The van der Waals surface area contributed by atoms with E-state index in [-0.39, 0.29) is 94.1 Å². The fourth-order valence-electron chi connectivity index (χ4n) is 18.0. The van der Waals surface area contributed by atoms with Crippen LogP contribution in [0.3, 0.4) is 0 Å². The van der Waals surface area contributed by atoms with Crippen LogP contribution in [-0.2, 0) is 77.2 Å². The molecule has 9 aliphatic carbocycles. The molecular formula is C81H87N11O25S. The smallest absolute Gasteiger partial charge is 0.319 e. The number of Topliss-reactive ketones (excluding diaryl/α,β-unsaturated/α-hetero) is 6. The number of aliphatic hydroxyl groups is 9. The van der Waals surface area contributed by atoms with Gasteiger partial charge in [-0.25, -0.2) is 13.2 Å². The molecule has 36 nitrogen and oxygen atoms in total. The van der Waals surface area contributed by atoms with Gasteiger partial charge in [0.15, 0.2) is 34.2 Å². The van der Waals surface area contributed by atoms with E-state index in [1.165, 1.54) is 42.5 Å². The lowest BCUT2D eigenvalue weighted by molar-refractivity contribution is -0.152. The molecule has 9 aliphatic rings. The molecule has 0 bridgehead atoms. The van der Waals surface area contributed by atoms with Crippen molar-refractivity contribution in [2.24, 2.45) is 52.7 Å². The molecule has 0 aliphatic heterocycles. The van der Waals surface area contributed by atoms with Crippen LogP contribution in [-0.4, -0.2) is 225 Å². The Hall–Kier alpha value is -13.1. The van der Waals surface area contributed by atoms with Crippen molar-refractivity contribution in [2.75, 3.05) is 81.3 Å². The number of fused-ring (bicyclic) bond motifs is 9. The van der Waals surface area contributed by atoms with Crippen LogP contribution in [0.4, 0.5) is 33.2 Å². The maximum Gasteiger partial charge on any atom is 0.319 e. The Bertz CT molecular complexity index is 5630. The highest BCUT2D eigenvalue weighted by atomic mass is 32.2. The molecule has 0 radical (unpaired) electrons. The number of ketones is 6. The van der Waals surface area contributed by atoms with E-state index < -0.39 is 196 Å². The normalized spacial score (nSPS) is 26.1. The summed E-state index contributed by atoms with van der Waals surface area (Å²) >= 11 is 0. The second kappa shape index (κ2) is 30.2. The van der Waals surface area contributed by atoms with E-state index in [0.717, 1.165) is 18.2 Å². The number of carbonyl (C=O) groups excluding carboxylic acids is 11. The number of hydrogen-bond donors (Lipinski definition) is 19. The van der Waals surface area contributed by atoms with Crippen molar-refractivity contribution >= 4 is 120 Å². The highest BCUT2D eigenvalue weighted by Gasteiger charge is 2.68. The van der Waals surface area contributed by atoms with Crippen LogP contribution in [0.5, 0.6) is 17.2 Å². The molecule has 22 N–H and O–H groups in total. The number of anilines is 5. The molecule has 0 aromatic heterocycles. The fraction of sp³-hybridized carbons (Fsp3) is 0.346. The molecule has 6 amide bonds. The quantitative estimate of drug-likeness (QED) is 0.0746. The number of nitrogens with one attached hydrogen (secondary N) is 4. The van der Waals surface area contributed by atoms with Gasteiger partial charge in [-0.15, -0.1) is 0 Å². The first kappa shape index (κ1) is 84.3. The summed E-state index contributed by atoms with van der Waals surface area (Å²) in [6.45, 7) is 2.87. The molecule has 12 atom stereocenters. The van der Waals surface area contributed by atoms with Crippen molar-refractivity contribution in [2.45, 2.75) is 92.2 Å². The van der Waals surface area contributed by atoms with E-state index in [1.807, 2.05) is 19.0 Å². The third kappa shape index (κ3) is 13.4. The lowest BCUT2D eigenvalue weighted by atomic mass is 9.57. The number of carbonyl (C=O) groups is 11. The zero-order chi connectivity index (χ0) is 87.0. The third-order valence-corrected chi connectivity index (χ3v) is 25.0. The summed E-state index contributed by atoms with van der Waals surface area (Å²) < 4.78 is 28.9. The number of aliphatic hydroxyl groups excluding tert-OH is 6. The van der Waals surface area contributed by atoms with E-state index in [0.29, 0.717) is 39.4 Å². The number of aryl methyl sites for hydroxylation is 1. The van der Waals surface area contributed by atoms with Crippen molar-refractivity contribution < 1.29 is 122 Å². The highest BCUT2D eigenvalue weighted by molar-refractivity contribution is 7.89. The van der Waals surface area contributed by atoms with Crippen LogP contribution in [0, 0.1) is 42.4 Å². The molecule has 0 heterocycles. The first-order valence-corrected chi connectivity index (χ1v) is 38.3. The van der Waals surface area contributed by atoms with Gasteiger partial charge >= 0.3 is 6.03 Å². The Kier molecular flexibility index (Phi) is 21.6. The summed E-state index contributed by atoms with van der Waals surface area (Å²) in [6, 6.07) is 15.6. The predicted molar refractivity (Wildman–Crippen MR) is 423 cm³/mol. The SMILES string of the molecule is CC(=O)NC1C(=O)C(C(N)=O)=C(O)[C@@]2(O)C(=O)C3=C(O)c4c(O)ccc(N(C)C)c4C[C@H]3C[C@@H]12.CN(C)c1ccc(NC(=O)NC2C(=O)C(C(N)=O)=C(O)[C@@]3(O)C(=O)C4=C(O)c5c(O)ccc(N(C)C)c5C[C@H]4C[C@@H]23)cc1.Cc1ccc(S(=O)(=O)NC2C(=O)C(C(N)=O)=C(O)[C@@]3(O)C(=O)C4=C(O)c5c(O)ccc(N(C)C)c5C[C@H]4C[C@@H]23)cc1. The van der Waals surface area contributed by atoms with Crippen molar-refractivity contribution in [3.63, 3.8) is 0 Å². The number of phenols is 3. The van der Waals surface area contributed by atoms with Crippen molar-refractivity contribution in [3.8, 4) is 17.2 Å². The summed E-state index contributed by atoms with van der Waals surface area (Å²) in [6.07, 6.45) is -0.138. The first-order valence-electron chi connectivity index (χ1n) is 36.8. The number of amides is 6.